The molecule has 0 unspecified atom stereocenters. The van der Waals surface area contributed by atoms with Gasteiger partial charge in [-0.3, -0.25) is 9.69 Å². The van der Waals surface area contributed by atoms with Gasteiger partial charge in [-0.2, -0.15) is 0 Å². The molecule has 1 aromatic heterocycles. The number of nitrogens with zero attached hydrogens (tertiary/aromatic N) is 2. The quantitative estimate of drug-likeness (QED) is 0.764. The second-order valence-corrected chi connectivity index (χ2v) is 4.61. The number of hydrogen-bond donors (Lipinski definition) is 0. The number of carbonyl (C=O) groups is 1. The largest absolute Gasteiger partial charge is 0.297 e. The lowest BCUT2D eigenvalue weighted by Crippen LogP contribution is -2.35. The van der Waals surface area contributed by atoms with Crippen molar-refractivity contribution >= 4 is 11.7 Å². The van der Waals surface area contributed by atoms with Crippen LogP contribution in [0.2, 0.25) is 0 Å². The molecule has 1 saturated heterocycles. The predicted octanol–water partition coefficient (Wildman–Crippen LogP) is 2.72. The number of piperidine rings is 1. The third kappa shape index (κ3) is 2.23. The summed E-state index contributed by atoms with van der Waals surface area (Å²) in [4.78, 5) is 17.9. The van der Waals surface area contributed by atoms with E-state index < -0.39 is 0 Å². The normalized spacial score (nSPS) is 16.9. The Morgan fingerprint density at radius 1 is 1.31 bits per heavy atom. The number of rotatable bonds is 2. The number of pyridine rings is 1. The molecule has 3 heteroatoms. The smallest absolute Gasteiger partial charge is 0.228 e. The van der Waals surface area contributed by atoms with Crippen LogP contribution in [0.4, 0.5) is 5.82 Å². The first kappa shape index (κ1) is 11.1. The maximum atomic E-state index is 11.7. The Morgan fingerprint density at radius 3 is 2.69 bits per heavy atom. The van der Waals surface area contributed by atoms with Crippen LogP contribution in [0.3, 0.4) is 0 Å². The van der Waals surface area contributed by atoms with Crippen LogP contribution >= 0.6 is 0 Å². The van der Waals surface area contributed by atoms with Crippen LogP contribution in [0, 0.1) is 0 Å². The zero-order valence-corrected chi connectivity index (χ0v) is 9.94. The number of carbonyl (C=O) groups excluding carboxylic acids is 1. The van der Waals surface area contributed by atoms with Crippen molar-refractivity contribution in [3.8, 4) is 0 Å². The van der Waals surface area contributed by atoms with Crippen LogP contribution in [0.25, 0.3) is 0 Å². The molecule has 0 atom stereocenters. The van der Waals surface area contributed by atoms with Gasteiger partial charge in [0.2, 0.25) is 5.91 Å². The second kappa shape index (κ2) is 4.64. The molecule has 1 fully saturated rings. The summed E-state index contributed by atoms with van der Waals surface area (Å²) in [7, 11) is 0. The summed E-state index contributed by atoms with van der Waals surface area (Å²) in [5, 5.41) is 0. The van der Waals surface area contributed by atoms with Crippen molar-refractivity contribution < 1.29 is 4.79 Å². The van der Waals surface area contributed by atoms with Crippen LogP contribution < -0.4 is 4.90 Å². The molecular formula is C13H18N2O. The van der Waals surface area contributed by atoms with Crippen molar-refractivity contribution in [2.75, 3.05) is 11.4 Å². The number of aromatic nitrogens is 1. The molecule has 1 aliphatic heterocycles. The molecule has 0 aliphatic carbocycles. The van der Waals surface area contributed by atoms with Gasteiger partial charge in [-0.15, -0.1) is 0 Å². The Kier molecular flexibility index (Phi) is 3.22. The highest BCUT2D eigenvalue weighted by Crippen LogP contribution is 2.20. The van der Waals surface area contributed by atoms with Crippen molar-refractivity contribution in [1.82, 2.24) is 4.98 Å². The van der Waals surface area contributed by atoms with Gasteiger partial charge in [-0.05, 0) is 30.4 Å². The summed E-state index contributed by atoms with van der Waals surface area (Å²) in [6.07, 6.45) is 4.63. The number of hydrogen-bond acceptors (Lipinski definition) is 2. The highest BCUT2D eigenvalue weighted by Gasteiger charge is 2.20. The van der Waals surface area contributed by atoms with Crippen LogP contribution in [-0.2, 0) is 4.79 Å². The maximum absolute atomic E-state index is 11.7. The number of anilines is 1. The van der Waals surface area contributed by atoms with Crippen LogP contribution in [0.15, 0.2) is 18.3 Å². The van der Waals surface area contributed by atoms with E-state index in [0.29, 0.717) is 12.3 Å². The maximum Gasteiger partial charge on any atom is 0.228 e. The standard InChI is InChI=1S/C13H18N2O/c1-10(2)11-6-7-12(14-9-11)15-8-4-3-5-13(15)16/h6-7,9-10H,3-5,8H2,1-2H3. The molecule has 0 aromatic carbocycles. The van der Waals surface area contributed by atoms with E-state index in [2.05, 4.69) is 24.9 Å². The summed E-state index contributed by atoms with van der Waals surface area (Å²) in [5.74, 6) is 1.49. The highest BCUT2D eigenvalue weighted by atomic mass is 16.2. The van der Waals surface area contributed by atoms with Gasteiger partial charge in [0.15, 0.2) is 0 Å². The molecule has 1 amide bonds. The lowest BCUT2D eigenvalue weighted by Gasteiger charge is -2.25. The molecule has 0 bridgehead atoms. The summed E-state index contributed by atoms with van der Waals surface area (Å²) in [6, 6.07) is 4.02. The van der Waals surface area contributed by atoms with E-state index in [9.17, 15) is 4.79 Å². The molecule has 2 heterocycles. The molecule has 3 nitrogen and oxygen atoms in total. The topological polar surface area (TPSA) is 33.2 Å². The summed E-state index contributed by atoms with van der Waals surface area (Å²) in [6.45, 7) is 5.10. The van der Waals surface area contributed by atoms with Gasteiger partial charge >= 0.3 is 0 Å². The third-order valence-electron chi connectivity index (χ3n) is 3.04. The first-order valence-corrected chi connectivity index (χ1v) is 5.95. The second-order valence-electron chi connectivity index (χ2n) is 4.61. The average Bonchev–Trinajstić information content (AvgIpc) is 2.30. The molecule has 1 aliphatic rings. The van der Waals surface area contributed by atoms with E-state index in [1.807, 2.05) is 12.3 Å². The van der Waals surface area contributed by atoms with E-state index in [4.69, 9.17) is 0 Å². The lowest BCUT2D eigenvalue weighted by molar-refractivity contribution is -0.119. The summed E-state index contributed by atoms with van der Waals surface area (Å²) < 4.78 is 0. The predicted molar refractivity (Wildman–Crippen MR) is 64.5 cm³/mol. The fraction of sp³-hybridized carbons (Fsp3) is 0.538. The lowest BCUT2D eigenvalue weighted by atomic mass is 10.1. The molecule has 2 rings (SSSR count). The molecule has 0 saturated carbocycles. The minimum absolute atomic E-state index is 0.205. The van der Waals surface area contributed by atoms with Crippen LogP contribution in [-0.4, -0.2) is 17.4 Å². The SMILES string of the molecule is CC(C)c1ccc(N2CCCCC2=O)nc1. The fourth-order valence-electron chi connectivity index (χ4n) is 1.95. The van der Waals surface area contributed by atoms with Crippen LogP contribution in [0.1, 0.15) is 44.6 Å². The van der Waals surface area contributed by atoms with Crippen LogP contribution in [0.5, 0.6) is 0 Å². The Balaban J connectivity index is 2.17. The van der Waals surface area contributed by atoms with Gasteiger partial charge in [0, 0.05) is 19.2 Å². The first-order valence-electron chi connectivity index (χ1n) is 5.95. The van der Waals surface area contributed by atoms with Crippen molar-refractivity contribution in [3.05, 3.63) is 23.9 Å². The van der Waals surface area contributed by atoms with Crippen molar-refractivity contribution in [2.24, 2.45) is 0 Å². The Bertz CT molecular complexity index is 370. The van der Waals surface area contributed by atoms with Crippen molar-refractivity contribution in [3.63, 3.8) is 0 Å². The Morgan fingerprint density at radius 2 is 2.12 bits per heavy atom. The Hall–Kier alpha value is -1.38. The molecule has 1 aromatic rings. The Labute approximate surface area is 96.5 Å². The van der Waals surface area contributed by atoms with E-state index in [-0.39, 0.29) is 5.91 Å². The average molecular weight is 218 g/mol. The summed E-state index contributed by atoms with van der Waals surface area (Å²) >= 11 is 0. The van der Waals surface area contributed by atoms with E-state index in [0.717, 1.165) is 25.2 Å². The van der Waals surface area contributed by atoms with Gasteiger partial charge in [0.25, 0.3) is 0 Å². The molecular weight excluding hydrogens is 200 g/mol. The third-order valence-corrected chi connectivity index (χ3v) is 3.04. The minimum atomic E-state index is 0.205. The van der Waals surface area contributed by atoms with Crippen molar-refractivity contribution in [1.29, 1.82) is 0 Å². The number of amides is 1. The molecule has 86 valence electrons. The molecule has 0 spiro atoms. The highest BCUT2D eigenvalue weighted by molar-refractivity contribution is 5.92. The van der Waals surface area contributed by atoms with E-state index >= 15 is 0 Å². The van der Waals surface area contributed by atoms with Gasteiger partial charge in [-0.1, -0.05) is 19.9 Å². The van der Waals surface area contributed by atoms with Gasteiger partial charge in [0.1, 0.15) is 5.82 Å². The van der Waals surface area contributed by atoms with E-state index in [1.165, 1.54) is 5.56 Å². The van der Waals surface area contributed by atoms with Crippen molar-refractivity contribution in [2.45, 2.75) is 39.0 Å². The van der Waals surface area contributed by atoms with Gasteiger partial charge in [-0.25, -0.2) is 4.98 Å². The molecule has 16 heavy (non-hydrogen) atoms. The van der Waals surface area contributed by atoms with Gasteiger partial charge in [0.05, 0.1) is 0 Å². The zero-order valence-electron chi connectivity index (χ0n) is 9.94. The molecule has 0 radical (unpaired) electrons. The first-order chi connectivity index (χ1) is 7.68. The fourth-order valence-corrected chi connectivity index (χ4v) is 1.95. The zero-order chi connectivity index (χ0) is 11.5. The monoisotopic (exact) mass is 218 g/mol. The summed E-state index contributed by atoms with van der Waals surface area (Å²) in [5.41, 5.74) is 1.22. The van der Waals surface area contributed by atoms with E-state index in [1.54, 1.807) is 4.90 Å². The minimum Gasteiger partial charge on any atom is -0.297 e. The molecule has 0 N–H and O–H groups in total. The van der Waals surface area contributed by atoms with Gasteiger partial charge < -0.3 is 0 Å².